The second kappa shape index (κ2) is 6.93. The van der Waals surface area contributed by atoms with Crippen molar-refractivity contribution in [2.45, 2.75) is 0 Å². The molecule has 2 aromatic rings. The van der Waals surface area contributed by atoms with Crippen LogP contribution in [0.5, 0.6) is 5.75 Å². The summed E-state index contributed by atoms with van der Waals surface area (Å²) in [5.74, 6) is -0.685. The van der Waals surface area contributed by atoms with Gasteiger partial charge in [0.15, 0.2) is 0 Å². The van der Waals surface area contributed by atoms with Gasteiger partial charge in [0.1, 0.15) is 5.75 Å². The zero-order valence-corrected chi connectivity index (χ0v) is 13.6. The van der Waals surface area contributed by atoms with Crippen LogP contribution in [0.4, 0.5) is 0 Å². The molecule has 108 valence electrons. The number of benzene rings is 2. The summed E-state index contributed by atoms with van der Waals surface area (Å²) in [5, 5.41) is 14.3. The molecule has 0 aliphatic heterocycles. The lowest BCUT2D eigenvalue weighted by Crippen LogP contribution is -2.17. The van der Waals surface area contributed by atoms with E-state index in [2.05, 4.69) is 26.5 Å². The molecule has 0 aliphatic carbocycles. The smallest absolute Gasteiger partial charge is 0.275 e. The van der Waals surface area contributed by atoms with Gasteiger partial charge >= 0.3 is 0 Å². The van der Waals surface area contributed by atoms with E-state index in [1.807, 2.05) is 0 Å². The molecule has 0 spiro atoms. The van der Waals surface area contributed by atoms with E-state index >= 15 is 0 Å². The molecular weight excluding hydrogens is 379 g/mol. The summed E-state index contributed by atoms with van der Waals surface area (Å²) in [6.07, 6.45) is 1.34. The topological polar surface area (TPSA) is 61.7 Å². The van der Waals surface area contributed by atoms with E-state index < -0.39 is 5.91 Å². The highest BCUT2D eigenvalue weighted by Crippen LogP contribution is 2.23. The molecule has 0 bridgehead atoms. The van der Waals surface area contributed by atoms with E-state index in [1.165, 1.54) is 18.3 Å². The maximum absolute atomic E-state index is 11.9. The highest BCUT2D eigenvalue weighted by Gasteiger charge is 2.10. The van der Waals surface area contributed by atoms with E-state index in [9.17, 15) is 9.90 Å². The van der Waals surface area contributed by atoms with Crippen LogP contribution in [-0.2, 0) is 0 Å². The lowest BCUT2D eigenvalue weighted by atomic mass is 10.2. The normalized spacial score (nSPS) is 10.8. The number of halogens is 3. The third-order valence-corrected chi connectivity index (χ3v) is 3.72. The third kappa shape index (κ3) is 3.97. The van der Waals surface area contributed by atoms with E-state index in [1.54, 1.807) is 24.3 Å². The minimum Gasteiger partial charge on any atom is -0.507 e. The van der Waals surface area contributed by atoms with Crippen molar-refractivity contribution < 1.29 is 9.90 Å². The second-order valence-electron chi connectivity index (χ2n) is 4.00. The Morgan fingerprint density at radius 3 is 2.57 bits per heavy atom. The molecule has 0 atom stereocenters. The van der Waals surface area contributed by atoms with Crippen molar-refractivity contribution in [1.29, 1.82) is 0 Å². The van der Waals surface area contributed by atoms with Gasteiger partial charge in [0, 0.05) is 10.0 Å². The molecule has 0 heterocycles. The van der Waals surface area contributed by atoms with E-state index in [0.717, 1.165) is 0 Å². The number of rotatable bonds is 3. The van der Waals surface area contributed by atoms with Gasteiger partial charge < -0.3 is 5.11 Å². The summed E-state index contributed by atoms with van der Waals surface area (Å²) in [4.78, 5) is 11.9. The molecule has 0 aliphatic rings. The zero-order valence-electron chi connectivity index (χ0n) is 10.5. The first-order chi connectivity index (χ1) is 9.99. The molecule has 0 unspecified atom stereocenters. The number of carbonyl (C=O) groups is 1. The Morgan fingerprint density at radius 2 is 1.90 bits per heavy atom. The molecule has 2 rings (SSSR count). The molecule has 4 nitrogen and oxygen atoms in total. The van der Waals surface area contributed by atoms with Gasteiger partial charge in [0.2, 0.25) is 0 Å². The fourth-order valence-corrected chi connectivity index (χ4v) is 2.40. The summed E-state index contributed by atoms with van der Waals surface area (Å²) in [6, 6.07) is 9.56. The Bertz CT molecular complexity index is 700. The van der Waals surface area contributed by atoms with Gasteiger partial charge in [-0.1, -0.05) is 45.2 Å². The van der Waals surface area contributed by atoms with Gasteiger partial charge in [-0.3, -0.25) is 4.79 Å². The Hall–Kier alpha value is -1.56. The number of hydrogen-bond acceptors (Lipinski definition) is 3. The van der Waals surface area contributed by atoms with Crippen LogP contribution in [0.15, 0.2) is 46.0 Å². The van der Waals surface area contributed by atoms with E-state index in [-0.39, 0.29) is 11.3 Å². The van der Waals surface area contributed by atoms with Crippen LogP contribution in [0, 0.1) is 0 Å². The number of carbonyl (C=O) groups excluding carboxylic acids is 1. The number of nitrogens with one attached hydrogen (secondary N) is 1. The van der Waals surface area contributed by atoms with E-state index in [4.69, 9.17) is 23.2 Å². The van der Waals surface area contributed by atoms with Crippen LogP contribution < -0.4 is 5.43 Å². The summed E-state index contributed by atoms with van der Waals surface area (Å²) in [5.41, 5.74) is 2.91. The van der Waals surface area contributed by atoms with Crippen molar-refractivity contribution >= 4 is 51.3 Å². The SMILES string of the molecule is O=C(N/N=C\c1c(Cl)cccc1Cl)c1cc(Br)ccc1O. The Labute approximate surface area is 139 Å². The molecule has 0 radical (unpaired) electrons. The van der Waals surface area contributed by atoms with Gasteiger partial charge in [-0.15, -0.1) is 0 Å². The number of amides is 1. The van der Waals surface area contributed by atoms with Crippen molar-refractivity contribution in [3.63, 3.8) is 0 Å². The van der Waals surface area contributed by atoms with E-state index in [0.29, 0.717) is 20.1 Å². The average molecular weight is 388 g/mol. The second-order valence-corrected chi connectivity index (χ2v) is 5.73. The van der Waals surface area contributed by atoms with Crippen LogP contribution >= 0.6 is 39.1 Å². The number of nitrogens with zero attached hydrogens (tertiary/aromatic N) is 1. The molecule has 7 heteroatoms. The van der Waals surface area contributed by atoms with Crippen molar-refractivity contribution in [2.24, 2.45) is 5.10 Å². The number of hydrogen-bond donors (Lipinski definition) is 2. The number of phenols is 1. The van der Waals surface area contributed by atoms with Gasteiger partial charge in [0.25, 0.3) is 5.91 Å². The lowest BCUT2D eigenvalue weighted by molar-refractivity contribution is 0.0952. The van der Waals surface area contributed by atoms with Crippen molar-refractivity contribution in [1.82, 2.24) is 5.43 Å². The maximum atomic E-state index is 11.9. The molecule has 0 saturated carbocycles. The predicted molar refractivity (Wildman–Crippen MR) is 87.3 cm³/mol. The van der Waals surface area contributed by atoms with Crippen molar-refractivity contribution in [2.75, 3.05) is 0 Å². The Balaban J connectivity index is 2.14. The van der Waals surface area contributed by atoms with Gasteiger partial charge in [0.05, 0.1) is 21.8 Å². The summed E-state index contributed by atoms with van der Waals surface area (Å²) in [6.45, 7) is 0. The fourth-order valence-electron chi connectivity index (χ4n) is 1.54. The van der Waals surface area contributed by atoms with Crippen LogP contribution in [0.25, 0.3) is 0 Å². The van der Waals surface area contributed by atoms with Crippen molar-refractivity contribution in [3.8, 4) is 5.75 Å². The maximum Gasteiger partial charge on any atom is 0.275 e. The molecule has 0 aromatic heterocycles. The summed E-state index contributed by atoms with van der Waals surface area (Å²) >= 11 is 15.2. The molecule has 2 N–H and O–H groups in total. The largest absolute Gasteiger partial charge is 0.507 e. The quantitative estimate of drug-likeness (QED) is 0.611. The molecule has 21 heavy (non-hydrogen) atoms. The van der Waals surface area contributed by atoms with Gasteiger partial charge in [-0.05, 0) is 30.3 Å². The average Bonchev–Trinajstić information content (AvgIpc) is 2.44. The van der Waals surface area contributed by atoms with Gasteiger partial charge in [-0.25, -0.2) is 5.43 Å². The Morgan fingerprint density at radius 1 is 1.24 bits per heavy atom. The lowest BCUT2D eigenvalue weighted by Gasteiger charge is -2.04. The third-order valence-electron chi connectivity index (χ3n) is 2.56. The number of aromatic hydroxyl groups is 1. The van der Waals surface area contributed by atoms with Gasteiger partial charge in [-0.2, -0.15) is 5.10 Å². The van der Waals surface area contributed by atoms with Crippen LogP contribution in [-0.4, -0.2) is 17.2 Å². The first kappa shape index (κ1) is 15.8. The minimum atomic E-state index is -0.548. The Kier molecular flexibility index (Phi) is 5.22. The monoisotopic (exact) mass is 386 g/mol. The summed E-state index contributed by atoms with van der Waals surface area (Å²) < 4.78 is 0.670. The molecule has 1 amide bonds. The fraction of sp³-hybridized carbons (Fsp3) is 0. The molecule has 0 fully saturated rings. The first-order valence-corrected chi connectivity index (χ1v) is 7.30. The number of phenolic OH excluding ortho intramolecular Hbond substituents is 1. The number of hydrazone groups is 1. The van der Waals surface area contributed by atoms with Crippen molar-refractivity contribution in [3.05, 3.63) is 62.0 Å². The van der Waals surface area contributed by atoms with Crippen LogP contribution in [0.2, 0.25) is 10.0 Å². The van der Waals surface area contributed by atoms with Crippen LogP contribution in [0.3, 0.4) is 0 Å². The molecular formula is C14H9BrCl2N2O2. The molecule has 2 aromatic carbocycles. The van der Waals surface area contributed by atoms with Crippen LogP contribution in [0.1, 0.15) is 15.9 Å². The first-order valence-electron chi connectivity index (χ1n) is 5.75. The zero-order chi connectivity index (χ0) is 15.4. The summed E-state index contributed by atoms with van der Waals surface area (Å²) in [7, 11) is 0. The molecule has 0 saturated heterocycles. The standard InChI is InChI=1S/C14H9BrCl2N2O2/c15-8-4-5-13(20)9(6-8)14(21)19-18-7-10-11(16)2-1-3-12(10)17/h1-7,20H,(H,19,21)/b18-7-. The predicted octanol–water partition coefficient (Wildman–Crippen LogP) is 4.23. The highest BCUT2D eigenvalue weighted by atomic mass is 79.9. The highest BCUT2D eigenvalue weighted by molar-refractivity contribution is 9.10. The minimum absolute atomic E-state index is 0.104.